The van der Waals surface area contributed by atoms with E-state index in [-0.39, 0.29) is 6.61 Å². The summed E-state index contributed by atoms with van der Waals surface area (Å²) in [6.07, 6.45) is 44.9. The van der Waals surface area contributed by atoms with Crippen molar-refractivity contribution in [1.29, 1.82) is 0 Å². The first-order valence-corrected chi connectivity index (χ1v) is 21.5. The van der Waals surface area contributed by atoms with E-state index < -0.39 is 24.2 Å². The number of aliphatic hydroxyl groups is 3. The van der Waals surface area contributed by atoms with Gasteiger partial charge in [-0.15, -0.1) is 0 Å². The number of allylic oxidation sites excluding steroid dienone is 2. The van der Waals surface area contributed by atoms with Crippen molar-refractivity contribution in [3.8, 4) is 0 Å². The molecule has 3 unspecified atom stereocenters. The SMILES string of the molecule is CCCCCCCCCCC/C=C\CCCCCCCCC(O)C(=O)NC(CO)C(O)CCCCCCCCCCCCCCCCC. The molecule has 0 fully saturated rings. The monoisotopic (exact) mass is 680 g/mol. The lowest BCUT2D eigenvalue weighted by molar-refractivity contribution is -0.131. The number of carbonyl (C=O) groups is 1. The first kappa shape index (κ1) is 47.1. The van der Waals surface area contributed by atoms with Gasteiger partial charge < -0.3 is 20.6 Å². The Kier molecular flexibility index (Phi) is 38.1. The first-order valence-electron chi connectivity index (χ1n) is 21.5. The van der Waals surface area contributed by atoms with Crippen LogP contribution in [0.1, 0.15) is 232 Å². The number of aliphatic hydroxyl groups excluding tert-OH is 3. The second kappa shape index (κ2) is 38.9. The van der Waals surface area contributed by atoms with Gasteiger partial charge in [0.1, 0.15) is 6.10 Å². The van der Waals surface area contributed by atoms with Gasteiger partial charge in [-0.1, -0.05) is 206 Å². The molecule has 0 aliphatic rings. The summed E-state index contributed by atoms with van der Waals surface area (Å²) in [5, 5.41) is 33.3. The highest BCUT2D eigenvalue weighted by Crippen LogP contribution is 2.16. The minimum absolute atomic E-state index is 0.313. The van der Waals surface area contributed by atoms with E-state index >= 15 is 0 Å². The average Bonchev–Trinajstić information content (AvgIpc) is 3.09. The van der Waals surface area contributed by atoms with Crippen molar-refractivity contribution in [3.63, 3.8) is 0 Å². The molecule has 48 heavy (non-hydrogen) atoms. The van der Waals surface area contributed by atoms with E-state index in [0.29, 0.717) is 12.8 Å². The van der Waals surface area contributed by atoms with Crippen molar-refractivity contribution in [2.45, 2.75) is 250 Å². The molecule has 5 heteroatoms. The van der Waals surface area contributed by atoms with E-state index in [1.807, 2.05) is 0 Å². The zero-order valence-electron chi connectivity index (χ0n) is 32.4. The van der Waals surface area contributed by atoms with Gasteiger partial charge in [-0.25, -0.2) is 0 Å². The van der Waals surface area contributed by atoms with Crippen LogP contribution in [0.4, 0.5) is 0 Å². The van der Waals surface area contributed by atoms with Crippen LogP contribution in [-0.4, -0.2) is 46.1 Å². The molecule has 4 N–H and O–H groups in total. The summed E-state index contributed by atoms with van der Waals surface area (Å²) < 4.78 is 0. The topological polar surface area (TPSA) is 89.8 Å². The summed E-state index contributed by atoms with van der Waals surface area (Å²) in [5.41, 5.74) is 0. The van der Waals surface area contributed by atoms with Crippen LogP contribution in [0.3, 0.4) is 0 Å². The van der Waals surface area contributed by atoms with Gasteiger partial charge in [0.15, 0.2) is 0 Å². The normalized spacial score (nSPS) is 13.7. The number of unbranched alkanes of at least 4 members (excludes halogenated alkanes) is 29. The Bertz CT molecular complexity index is 669. The summed E-state index contributed by atoms with van der Waals surface area (Å²) in [6.45, 7) is 4.24. The van der Waals surface area contributed by atoms with Crippen molar-refractivity contribution in [2.24, 2.45) is 0 Å². The van der Waals surface area contributed by atoms with Crippen LogP contribution in [0, 0.1) is 0 Å². The molecule has 3 atom stereocenters. The van der Waals surface area contributed by atoms with Gasteiger partial charge in [-0.3, -0.25) is 4.79 Å². The summed E-state index contributed by atoms with van der Waals surface area (Å²) in [7, 11) is 0. The summed E-state index contributed by atoms with van der Waals surface area (Å²) in [5.74, 6) is -0.473. The maximum Gasteiger partial charge on any atom is 0.249 e. The van der Waals surface area contributed by atoms with Crippen LogP contribution in [0.25, 0.3) is 0 Å². The summed E-state index contributed by atoms with van der Waals surface area (Å²) in [4.78, 5) is 12.5. The third-order valence-corrected chi connectivity index (χ3v) is 10.1. The minimum Gasteiger partial charge on any atom is -0.394 e. The Hall–Kier alpha value is -0.910. The van der Waals surface area contributed by atoms with Crippen molar-refractivity contribution >= 4 is 5.91 Å². The molecular formula is C43H85NO4. The molecule has 0 aromatic carbocycles. The van der Waals surface area contributed by atoms with Crippen molar-refractivity contribution in [3.05, 3.63) is 12.2 Å². The van der Waals surface area contributed by atoms with Gasteiger partial charge in [0.2, 0.25) is 5.91 Å². The lowest BCUT2D eigenvalue weighted by atomic mass is 10.0. The van der Waals surface area contributed by atoms with Gasteiger partial charge in [0, 0.05) is 0 Å². The third kappa shape index (κ3) is 33.6. The predicted octanol–water partition coefficient (Wildman–Crippen LogP) is 12.0. The van der Waals surface area contributed by atoms with E-state index in [0.717, 1.165) is 32.1 Å². The molecule has 0 aromatic rings. The van der Waals surface area contributed by atoms with E-state index in [4.69, 9.17) is 0 Å². The highest BCUT2D eigenvalue weighted by molar-refractivity contribution is 5.80. The molecule has 0 aliphatic carbocycles. The molecule has 0 rings (SSSR count). The number of carbonyl (C=O) groups excluding carboxylic acids is 1. The Morgan fingerprint density at radius 2 is 0.792 bits per heavy atom. The molecule has 0 aromatic heterocycles. The van der Waals surface area contributed by atoms with Gasteiger partial charge in [-0.05, 0) is 38.5 Å². The molecule has 0 spiro atoms. The molecule has 0 saturated carbocycles. The van der Waals surface area contributed by atoms with Gasteiger partial charge in [0.25, 0.3) is 0 Å². The number of hydrogen-bond donors (Lipinski definition) is 4. The van der Waals surface area contributed by atoms with Crippen LogP contribution in [0.2, 0.25) is 0 Å². The molecule has 0 radical (unpaired) electrons. The Morgan fingerprint density at radius 1 is 0.479 bits per heavy atom. The molecule has 286 valence electrons. The quantitative estimate of drug-likeness (QED) is 0.0384. The van der Waals surface area contributed by atoms with Crippen LogP contribution >= 0.6 is 0 Å². The van der Waals surface area contributed by atoms with Gasteiger partial charge in [0.05, 0.1) is 18.8 Å². The molecule has 0 bridgehead atoms. The standard InChI is InChI=1S/C43H85NO4/c1-3-5-7-9-11-13-15-17-19-20-21-22-24-26-28-30-32-34-36-38-42(47)43(48)44-40(39-45)41(46)37-35-33-31-29-27-25-23-18-16-14-12-10-8-6-4-2/h21-22,40-42,45-47H,3-20,23-39H2,1-2H3,(H,44,48)/b22-21-. The third-order valence-electron chi connectivity index (χ3n) is 10.1. The fraction of sp³-hybridized carbons (Fsp3) is 0.930. The molecule has 0 saturated heterocycles. The maximum atomic E-state index is 12.5. The first-order chi connectivity index (χ1) is 23.6. The molecule has 0 heterocycles. The Morgan fingerprint density at radius 3 is 1.15 bits per heavy atom. The molecule has 5 nitrogen and oxygen atoms in total. The largest absolute Gasteiger partial charge is 0.394 e. The number of nitrogens with one attached hydrogen (secondary N) is 1. The number of hydrogen-bond acceptors (Lipinski definition) is 4. The second-order valence-electron chi connectivity index (χ2n) is 14.9. The lowest BCUT2D eigenvalue weighted by Crippen LogP contribution is -2.49. The fourth-order valence-electron chi connectivity index (χ4n) is 6.72. The Balaban J connectivity index is 3.63. The van der Waals surface area contributed by atoms with Crippen molar-refractivity contribution < 1.29 is 20.1 Å². The van der Waals surface area contributed by atoms with Gasteiger partial charge in [-0.2, -0.15) is 0 Å². The highest BCUT2D eigenvalue weighted by atomic mass is 16.3. The highest BCUT2D eigenvalue weighted by Gasteiger charge is 2.23. The molecule has 1 amide bonds. The molecular weight excluding hydrogens is 594 g/mol. The predicted molar refractivity (Wildman–Crippen MR) is 208 cm³/mol. The lowest BCUT2D eigenvalue weighted by Gasteiger charge is -2.23. The van der Waals surface area contributed by atoms with Crippen LogP contribution < -0.4 is 5.32 Å². The van der Waals surface area contributed by atoms with Crippen LogP contribution in [-0.2, 0) is 4.79 Å². The summed E-state index contributed by atoms with van der Waals surface area (Å²) in [6, 6.07) is -0.710. The van der Waals surface area contributed by atoms with Crippen LogP contribution in [0.5, 0.6) is 0 Å². The van der Waals surface area contributed by atoms with E-state index in [2.05, 4.69) is 31.3 Å². The fourth-order valence-corrected chi connectivity index (χ4v) is 6.72. The maximum absolute atomic E-state index is 12.5. The number of amides is 1. The van der Waals surface area contributed by atoms with E-state index in [9.17, 15) is 20.1 Å². The molecule has 0 aliphatic heterocycles. The minimum atomic E-state index is -1.08. The zero-order valence-corrected chi connectivity index (χ0v) is 32.4. The average molecular weight is 680 g/mol. The van der Waals surface area contributed by atoms with Crippen LogP contribution in [0.15, 0.2) is 12.2 Å². The van der Waals surface area contributed by atoms with E-state index in [1.165, 1.54) is 173 Å². The van der Waals surface area contributed by atoms with Crippen molar-refractivity contribution in [2.75, 3.05) is 6.61 Å². The zero-order chi connectivity index (χ0) is 35.2. The smallest absolute Gasteiger partial charge is 0.249 e. The van der Waals surface area contributed by atoms with E-state index in [1.54, 1.807) is 0 Å². The van der Waals surface area contributed by atoms with Gasteiger partial charge >= 0.3 is 0 Å². The summed E-state index contributed by atoms with van der Waals surface area (Å²) >= 11 is 0. The number of rotatable bonds is 39. The van der Waals surface area contributed by atoms with Crippen molar-refractivity contribution in [1.82, 2.24) is 5.32 Å². The second-order valence-corrected chi connectivity index (χ2v) is 14.9. The Labute approximate surface area is 299 Å².